The number of anilines is 1. The number of esters is 1. The Morgan fingerprint density at radius 2 is 1.71 bits per heavy atom. The minimum atomic E-state index is -4.62. The van der Waals surface area contributed by atoms with Crippen molar-refractivity contribution in [1.29, 1.82) is 0 Å². The fourth-order valence-corrected chi connectivity index (χ4v) is 3.32. The van der Waals surface area contributed by atoms with Gasteiger partial charge in [-0.25, -0.2) is 17.2 Å². The van der Waals surface area contributed by atoms with Crippen molar-refractivity contribution in [1.82, 2.24) is 4.72 Å². The van der Waals surface area contributed by atoms with Crippen LogP contribution in [0.1, 0.15) is 11.1 Å². The van der Waals surface area contributed by atoms with Crippen molar-refractivity contribution < 1.29 is 31.5 Å². The molecular formula is C18H18F2N2O5S. The maximum absolute atomic E-state index is 13.6. The second-order valence-corrected chi connectivity index (χ2v) is 7.61. The molecule has 2 N–H and O–H groups in total. The molecule has 0 fully saturated rings. The van der Waals surface area contributed by atoms with Gasteiger partial charge < -0.3 is 10.1 Å². The maximum atomic E-state index is 13.6. The molecule has 0 aliphatic heterocycles. The number of amides is 1. The molecule has 10 heteroatoms. The fraction of sp³-hybridized carbons (Fsp3) is 0.222. The van der Waals surface area contributed by atoms with Gasteiger partial charge in [-0.05, 0) is 43.2 Å². The zero-order chi connectivity index (χ0) is 20.9. The molecule has 0 radical (unpaired) electrons. The average Bonchev–Trinajstić information content (AvgIpc) is 2.61. The summed E-state index contributed by atoms with van der Waals surface area (Å²) in [6.45, 7) is 2.09. The van der Waals surface area contributed by atoms with Gasteiger partial charge in [0.2, 0.25) is 10.0 Å². The number of nitrogens with one attached hydrogen (secondary N) is 2. The highest BCUT2D eigenvalue weighted by Crippen LogP contribution is 2.18. The Bertz CT molecular complexity index is 989. The molecule has 0 aliphatic rings. The van der Waals surface area contributed by atoms with E-state index in [0.717, 1.165) is 29.3 Å². The van der Waals surface area contributed by atoms with Crippen molar-refractivity contribution >= 4 is 27.6 Å². The highest BCUT2D eigenvalue weighted by molar-refractivity contribution is 7.89. The Balaban J connectivity index is 1.89. The van der Waals surface area contributed by atoms with Crippen molar-refractivity contribution in [2.24, 2.45) is 0 Å². The molecule has 0 atom stereocenters. The highest BCUT2D eigenvalue weighted by atomic mass is 32.2. The van der Waals surface area contributed by atoms with Crippen LogP contribution in [0.3, 0.4) is 0 Å². The van der Waals surface area contributed by atoms with Gasteiger partial charge in [-0.2, -0.15) is 4.72 Å². The predicted molar refractivity (Wildman–Crippen MR) is 97.1 cm³/mol. The first-order valence-corrected chi connectivity index (χ1v) is 9.55. The molecule has 0 saturated heterocycles. The molecule has 0 spiro atoms. The molecule has 0 unspecified atom stereocenters. The van der Waals surface area contributed by atoms with Gasteiger partial charge in [0.1, 0.15) is 18.2 Å². The summed E-state index contributed by atoms with van der Waals surface area (Å²) in [5, 5.41) is 2.57. The summed E-state index contributed by atoms with van der Waals surface area (Å²) in [5.41, 5.74) is 2.29. The molecule has 2 aromatic carbocycles. The molecule has 150 valence electrons. The largest absolute Gasteiger partial charge is 0.455 e. The van der Waals surface area contributed by atoms with Gasteiger partial charge >= 0.3 is 5.97 Å². The zero-order valence-corrected chi connectivity index (χ0v) is 15.9. The van der Waals surface area contributed by atoms with E-state index in [1.54, 1.807) is 17.7 Å². The molecule has 2 rings (SSSR count). The van der Waals surface area contributed by atoms with E-state index in [4.69, 9.17) is 0 Å². The third-order valence-corrected chi connectivity index (χ3v) is 5.08. The molecule has 2 aromatic rings. The van der Waals surface area contributed by atoms with Gasteiger partial charge in [-0.3, -0.25) is 9.59 Å². The van der Waals surface area contributed by atoms with Gasteiger partial charge in [0.05, 0.1) is 0 Å². The quantitative estimate of drug-likeness (QED) is 0.678. The molecule has 1 amide bonds. The van der Waals surface area contributed by atoms with E-state index in [1.807, 2.05) is 19.1 Å². The Morgan fingerprint density at radius 3 is 2.36 bits per heavy atom. The van der Waals surface area contributed by atoms with Crippen LogP contribution in [0, 0.1) is 25.5 Å². The second kappa shape index (κ2) is 8.89. The van der Waals surface area contributed by atoms with Gasteiger partial charge in [-0.1, -0.05) is 18.2 Å². The predicted octanol–water partition coefficient (Wildman–Crippen LogP) is 2.04. The lowest BCUT2D eigenvalue weighted by Gasteiger charge is -2.10. The van der Waals surface area contributed by atoms with E-state index in [0.29, 0.717) is 5.69 Å². The standard InChI is InChI=1S/C18H18F2N2O5S/c1-11-6-7-12(2)15(8-11)22-16(23)10-27-17(24)9-21-28(25,26)18-13(19)4-3-5-14(18)20/h3-8,21H,9-10H2,1-2H3,(H,22,23). The first-order valence-electron chi connectivity index (χ1n) is 8.06. The van der Waals surface area contributed by atoms with Crippen molar-refractivity contribution in [2.45, 2.75) is 18.7 Å². The van der Waals surface area contributed by atoms with Gasteiger partial charge in [0.15, 0.2) is 11.5 Å². The number of benzene rings is 2. The van der Waals surface area contributed by atoms with Crippen LogP contribution in [-0.4, -0.2) is 33.4 Å². The third-order valence-electron chi connectivity index (χ3n) is 3.63. The summed E-state index contributed by atoms with van der Waals surface area (Å²) in [6, 6.07) is 7.98. The number of sulfonamides is 1. The third kappa shape index (κ3) is 5.57. The topological polar surface area (TPSA) is 102 Å². The first kappa shape index (κ1) is 21.5. The van der Waals surface area contributed by atoms with Crippen molar-refractivity contribution in [3.63, 3.8) is 0 Å². The number of hydrogen-bond acceptors (Lipinski definition) is 5. The summed E-state index contributed by atoms with van der Waals surface area (Å²) in [7, 11) is -4.62. The zero-order valence-electron chi connectivity index (χ0n) is 15.1. The monoisotopic (exact) mass is 412 g/mol. The average molecular weight is 412 g/mol. The van der Waals surface area contributed by atoms with Crippen LogP contribution >= 0.6 is 0 Å². The number of rotatable bonds is 7. The van der Waals surface area contributed by atoms with Crippen molar-refractivity contribution in [2.75, 3.05) is 18.5 Å². The van der Waals surface area contributed by atoms with E-state index in [2.05, 4.69) is 10.1 Å². The second-order valence-electron chi connectivity index (χ2n) is 5.90. The van der Waals surface area contributed by atoms with E-state index in [9.17, 15) is 26.8 Å². The molecule has 28 heavy (non-hydrogen) atoms. The summed E-state index contributed by atoms with van der Waals surface area (Å²) in [4.78, 5) is 22.3. The van der Waals surface area contributed by atoms with E-state index < -0.39 is 51.6 Å². The molecular weight excluding hydrogens is 394 g/mol. The van der Waals surface area contributed by atoms with Crippen LogP contribution < -0.4 is 10.0 Å². The number of ether oxygens (including phenoxy) is 1. The summed E-state index contributed by atoms with van der Waals surface area (Å²) in [6.07, 6.45) is 0. The van der Waals surface area contributed by atoms with Crippen LogP contribution in [0.15, 0.2) is 41.3 Å². The van der Waals surface area contributed by atoms with Crippen molar-refractivity contribution in [3.8, 4) is 0 Å². The van der Waals surface area contributed by atoms with Crippen molar-refractivity contribution in [3.05, 3.63) is 59.2 Å². The number of carbonyl (C=O) groups excluding carboxylic acids is 2. The van der Waals surface area contributed by atoms with E-state index in [-0.39, 0.29) is 0 Å². The molecule has 0 bridgehead atoms. The normalized spacial score (nSPS) is 11.1. The molecule has 7 nitrogen and oxygen atoms in total. The minimum Gasteiger partial charge on any atom is -0.455 e. The number of halogens is 2. The summed E-state index contributed by atoms with van der Waals surface area (Å²) >= 11 is 0. The molecule has 0 aromatic heterocycles. The molecule has 0 aliphatic carbocycles. The number of hydrogen-bond donors (Lipinski definition) is 2. The first-order chi connectivity index (χ1) is 13.1. The highest BCUT2D eigenvalue weighted by Gasteiger charge is 2.24. The number of aryl methyl sites for hydroxylation is 2. The summed E-state index contributed by atoms with van der Waals surface area (Å²) in [5.74, 6) is -4.30. The lowest BCUT2D eigenvalue weighted by atomic mass is 10.1. The van der Waals surface area contributed by atoms with Crippen LogP contribution in [-0.2, 0) is 24.3 Å². The fourth-order valence-electron chi connectivity index (χ4n) is 2.22. The van der Waals surface area contributed by atoms with Crippen LogP contribution in [0.2, 0.25) is 0 Å². The molecule has 0 heterocycles. The Kier molecular flexibility index (Phi) is 6.81. The Labute approximate surface area is 160 Å². The SMILES string of the molecule is Cc1ccc(C)c(NC(=O)COC(=O)CNS(=O)(=O)c2c(F)cccc2F)c1. The lowest BCUT2D eigenvalue weighted by molar-refractivity contribution is -0.146. The van der Waals surface area contributed by atoms with E-state index >= 15 is 0 Å². The van der Waals surface area contributed by atoms with E-state index in [1.165, 1.54) is 0 Å². The maximum Gasteiger partial charge on any atom is 0.321 e. The number of carbonyl (C=O) groups is 2. The lowest BCUT2D eigenvalue weighted by Crippen LogP contribution is -2.33. The smallest absolute Gasteiger partial charge is 0.321 e. The van der Waals surface area contributed by atoms with Crippen LogP contribution in [0.4, 0.5) is 14.5 Å². The minimum absolute atomic E-state index is 0.553. The molecule has 0 saturated carbocycles. The Hall–Kier alpha value is -2.85. The van der Waals surface area contributed by atoms with Gasteiger partial charge in [0.25, 0.3) is 5.91 Å². The van der Waals surface area contributed by atoms with Gasteiger partial charge in [-0.15, -0.1) is 0 Å². The van der Waals surface area contributed by atoms with Crippen LogP contribution in [0.25, 0.3) is 0 Å². The Morgan fingerprint density at radius 1 is 1.07 bits per heavy atom. The van der Waals surface area contributed by atoms with Gasteiger partial charge in [0, 0.05) is 5.69 Å². The van der Waals surface area contributed by atoms with Crippen LogP contribution in [0.5, 0.6) is 0 Å². The summed E-state index contributed by atoms with van der Waals surface area (Å²) < 4.78 is 57.4.